The number of nitrogens with zero attached hydrogens (tertiary/aromatic N) is 1. The van der Waals surface area contributed by atoms with E-state index in [9.17, 15) is 29.7 Å². The minimum absolute atomic E-state index is 0.0488. The van der Waals surface area contributed by atoms with Gasteiger partial charge in [0, 0.05) is 56.0 Å². The molecule has 0 aromatic carbocycles. The van der Waals surface area contributed by atoms with Crippen LogP contribution in [-0.2, 0) is 38.1 Å². The quantitative estimate of drug-likeness (QED) is 0.314. The summed E-state index contributed by atoms with van der Waals surface area (Å²) in [5.41, 5.74) is -2.39. The molecule has 12 heteroatoms. The highest BCUT2D eigenvalue weighted by Crippen LogP contribution is 2.42. The number of cyclic esters (lactones) is 1. The largest absolute Gasteiger partial charge is 0.459 e. The second kappa shape index (κ2) is 17.6. The third-order valence-electron chi connectivity index (χ3n) is 12.6. The van der Waals surface area contributed by atoms with Crippen molar-refractivity contribution in [3.63, 3.8) is 0 Å². The molecule has 0 aromatic heterocycles. The van der Waals surface area contributed by atoms with Crippen LogP contribution >= 0.6 is 0 Å². The Labute approximate surface area is 306 Å². The number of esters is 1. The molecule has 17 atom stereocenters. The van der Waals surface area contributed by atoms with Crippen molar-refractivity contribution >= 4 is 17.7 Å². The Balaban J connectivity index is 2.11. The van der Waals surface area contributed by atoms with Crippen LogP contribution < -0.4 is 0 Å². The summed E-state index contributed by atoms with van der Waals surface area (Å²) in [5, 5.41) is 34.0. The lowest BCUT2D eigenvalue weighted by Gasteiger charge is -2.47. The van der Waals surface area contributed by atoms with Gasteiger partial charge >= 0.3 is 5.97 Å². The van der Waals surface area contributed by atoms with Crippen molar-refractivity contribution in [2.24, 2.45) is 35.0 Å². The second-order valence-electron chi connectivity index (χ2n) is 16.7. The maximum Gasteiger partial charge on any atom is 0.311 e. The number of ketones is 1. The third kappa shape index (κ3) is 9.91. The number of aliphatic hydroxyl groups is 3. The topological polar surface area (TPSA) is 161 Å². The fourth-order valence-corrected chi connectivity index (χ4v) is 8.71. The Morgan fingerprint density at radius 2 is 1.49 bits per heavy atom. The molecular formula is C39H69NO11. The Kier molecular flexibility index (Phi) is 15.1. The lowest BCUT2D eigenvalue weighted by Crippen LogP contribution is -2.57. The molecule has 0 saturated carbocycles. The molecule has 1 amide bonds. The van der Waals surface area contributed by atoms with E-state index in [1.165, 1.54) is 13.8 Å². The third-order valence-corrected chi connectivity index (χ3v) is 12.6. The normalized spacial score (nSPS) is 46.5. The van der Waals surface area contributed by atoms with Crippen LogP contribution in [0.1, 0.15) is 122 Å². The number of hydrogen-bond donors (Lipinski definition) is 3. The molecule has 0 unspecified atom stereocenters. The van der Waals surface area contributed by atoms with Crippen LogP contribution in [0, 0.1) is 35.0 Å². The first kappa shape index (κ1) is 43.7. The summed E-state index contributed by atoms with van der Waals surface area (Å²) in [6.07, 6.45) is -4.04. The van der Waals surface area contributed by atoms with E-state index in [1.807, 2.05) is 48.5 Å². The van der Waals surface area contributed by atoms with Crippen LogP contribution in [0.5, 0.6) is 0 Å². The van der Waals surface area contributed by atoms with Gasteiger partial charge in [0.05, 0.1) is 42.5 Å². The highest BCUT2D eigenvalue weighted by Gasteiger charge is 2.50. The zero-order chi connectivity index (χ0) is 38.7. The summed E-state index contributed by atoms with van der Waals surface area (Å²) in [5.74, 6) is -3.93. The lowest BCUT2D eigenvalue weighted by atomic mass is 9.74. The van der Waals surface area contributed by atoms with Crippen molar-refractivity contribution in [3.8, 4) is 0 Å². The number of amides is 1. The van der Waals surface area contributed by atoms with E-state index in [4.69, 9.17) is 23.7 Å². The second-order valence-corrected chi connectivity index (χ2v) is 16.7. The molecule has 3 aliphatic heterocycles. The van der Waals surface area contributed by atoms with Crippen LogP contribution in [0.4, 0.5) is 0 Å². The monoisotopic (exact) mass is 727 g/mol. The van der Waals surface area contributed by atoms with Gasteiger partial charge in [-0.3, -0.25) is 14.4 Å². The van der Waals surface area contributed by atoms with Crippen molar-refractivity contribution in [2.45, 2.75) is 189 Å². The number of carbonyl (C=O) groups is 3. The van der Waals surface area contributed by atoms with E-state index in [-0.39, 0.29) is 36.2 Å². The number of Topliss-reactive ketones (excluding diaryl/α,β-unsaturated/α-hetero) is 1. The molecule has 296 valence electrons. The molecule has 0 aromatic rings. The van der Waals surface area contributed by atoms with Gasteiger partial charge in [-0.2, -0.15) is 0 Å². The van der Waals surface area contributed by atoms with E-state index in [1.54, 1.807) is 32.7 Å². The van der Waals surface area contributed by atoms with Crippen molar-refractivity contribution in [2.75, 3.05) is 7.05 Å². The van der Waals surface area contributed by atoms with Crippen LogP contribution in [0.15, 0.2) is 0 Å². The maximum atomic E-state index is 14.1. The van der Waals surface area contributed by atoms with Gasteiger partial charge in [-0.25, -0.2) is 0 Å². The fraction of sp³-hybridized carbons (Fsp3) is 0.923. The van der Waals surface area contributed by atoms with Gasteiger partial charge in [0.15, 0.2) is 12.6 Å². The fourth-order valence-electron chi connectivity index (χ4n) is 8.71. The van der Waals surface area contributed by atoms with Crippen LogP contribution in [-0.4, -0.2) is 112 Å². The number of hydrogen-bond acceptors (Lipinski definition) is 11. The molecule has 3 N–H and O–H groups in total. The molecule has 3 aliphatic rings. The summed E-state index contributed by atoms with van der Waals surface area (Å²) in [7, 11) is 1.78. The van der Waals surface area contributed by atoms with Gasteiger partial charge in [0.2, 0.25) is 5.91 Å². The molecule has 0 spiro atoms. The predicted octanol–water partition coefficient (Wildman–Crippen LogP) is 4.63. The first-order valence-electron chi connectivity index (χ1n) is 19.3. The zero-order valence-electron chi connectivity index (χ0n) is 33.5. The first-order valence-corrected chi connectivity index (χ1v) is 19.3. The Morgan fingerprint density at radius 3 is 2.06 bits per heavy atom. The molecule has 3 rings (SSSR count). The molecule has 3 fully saturated rings. The highest BCUT2D eigenvalue weighted by atomic mass is 16.7. The minimum atomic E-state index is -1.90. The summed E-state index contributed by atoms with van der Waals surface area (Å²) in [4.78, 5) is 41.9. The molecular weight excluding hydrogens is 658 g/mol. The van der Waals surface area contributed by atoms with Gasteiger partial charge < -0.3 is 43.9 Å². The molecule has 0 aliphatic carbocycles. The van der Waals surface area contributed by atoms with E-state index in [0.29, 0.717) is 32.1 Å². The predicted molar refractivity (Wildman–Crippen MR) is 191 cm³/mol. The summed E-state index contributed by atoms with van der Waals surface area (Å²) < 4.78 is 32.2. The molecule has 51 heavy (non-hydrogen) atoms. The molecule has 0 radical (unpaired) electrons. The average molecular weight is 728 g/mol. The van der Waals surface area contributed by atoms with Crippen LogP contribution in [0.3, 0.4) is 0 Å². The number of aliphatic hydroxyl groups excluding tert-OH is 2. The lowest BCUT2D eigenvalue weighted by molar-refractivity contribution is -0.290. The van der Waals surface area contributed by atoms with Crippen molar-refractivity contribution < 1.29 is 53.4 Å². The Bertz CT molecular complexity index is 1180. The zero-order valence-corrected chi connectivity index (χ0v) is 33.5. The van der Waals surface area contributed by atoms with Crippen LogP contribution in [0.25, 0.3) is 0 Å². The van der Waals surface area contributed by atoms with E-state index in [0.717, 1.165) is 0 Å². The molecule has 0 bridgehead atoms. The van der Waals surface area contributed by atoms with Gasteiger partial charge in [-0.05, 0) is 59.3 Å². The summed E-state index contributed by atoms with van der Waals surface area (Å²) in [6.45, 7) is 21.6. The first-order chi connectivity index (χ1) is 23.6. The van der Waals surface area contributed by atoms with Gasteiger partial charge in [0.1, 0.15) is 17.5 Å². The summed E-state index contributed by atoms with van der Waals surface area (Å²) in [6, 6.07) is -0.0989. The highest BCUT2D eigenvalue weighted by molar-refractivity contribution is 5.83. The van der Waals surface area contributed by atoms with Gasteiger partial charge in [-0.1, -0.05) is 48.5 Å². The molecule has 12 nitrogen and oxygen atoms in total. The summed E-state index contributed by atoms with van der Waals surface area (Å²) >= 11 is 0. The molecule has 3 heterocycles. The Morgan fingerprint density at radius 1 is 0.882 bits per heavy atom. The van der Waals surface area contributed by atoms with E-state index >= 15 is 0 Å². The van der Waals surface area contributed by atoms with Crippen molar-refractivity contribution in [1.29, 1.82) is 0 Å². The maximum absolute atomic E-state index is 14.1. The minimum Gasteiger partial charge on any atom is -0.459 e. The van der Waals surface area contributed by atoms with Gasteiger partial charge in [0.25, 0.3) is 0 Å². The van der Waals surface area contributed by atoms with Crippen molar-refractivity contribution in [3.05, 3.63) is 0 Å². The SMILES string of the molecule is CC[C@H]1OC(=O)[C@H](C)[C@@H](O[C@H]2C[C@@](C)(CC)[C@@H](O)[C@H](C)O2)[C@H](C)[C@@H](O[C@H]2C[C@@H](N(C)C(C)=O)C[C@@H](C)O2)[C@@H](C)C[C@@H](C)C(=O)[C@H](C)[C@@H](O)[C@]1(C)O. The average Bonchev–Trinajstić information content (AvgIpc) is 3.07. The van der Waals surface area contributed by atoms with Crippen molar-refractivity contribution in [1.82, 2.24) is 4.90 Å². The smallest absolute Gasteiger partial charge is 0.311 e. The van der Waals surface area contributed by atoms with E-state index < -0.39 is 89.9 Å². The Hall–Kier alpha value is -1.67. The molecule has 3 saturated heterocycles. The van der Waals surface area contributed by atoms with Gasteiger partial charge in [-0.15, -0.1) is 0 Å². The number of rotatable bonds is 7. The van der Waals surface area contributed by atoms with E-state index in [2.05, 4.69) is 0 Å². The number of ether oxygens (including phenoxy) is 5. The van der Waals surface area contributed by atoms with Crippen LogP contribution in [0.2, 0.25) is 0 Å². The standard InChI is InChI=1S/C39H69NO11/c1-14-29-39(12,46)35(43)23(6)32(42)20(3)16-21(4)33(50-30-18-28(17-22(5)47-30)40(13)27(10)41)24(7)34(25(8)37(45)49-29)51-31-19-38(11,15-2)36(44)26(9)48-31/h20-26,28-31,33-36,43-44,46H,14-19H2,1-13H3/t20-,21+,22-,23+,24-,25-,26+,28+,29-,30+,31+,33+,34+,35-,36+,38-,39-/m1/s1. The number of carbonyl (C=O) groups excluding carboxylic acids is 3.